The molecule has 174 valence electrons. The van der Waals surface area contributed by atoms with E-state index in [1.165, 1.54) is 0 Å². The number of carbonyl (C=O) groups is 3. The van der Waals surface area contributed by atoms with Crippen LogP contribution in [0.3, 0.4) is 0 Å². The minimum Gasteiger partial charge on any atom is -0.477 e. The number of carbonyl (C=O) groups excluding carboxylic acids is 2. The summed E-state index contributed by atoms with van der Waals surface area (Å²) >= 11 is 0.883. The molecule has 2 aromatic heterocycles. The van der Waals surface area contributed by atoms with Gasteiger partial charge in [0.25, 0.3) is 5.91 Å². The summed E-state index contributed by atoms with van der Waals surface area (Å²) in [6, 6.07) is 6.30. The Bertz CT molecular complexity index is 1160. The van der Waals surface area contributed by atoms with Gasteiger partial charge in [-0.2, -0.15) is 4.98 Å². The van der Waals surface area contributed by atoms with E-state index in [2.05, 4.69) is 25.8 Å². The highest BCUT2D eigenvalue weighted by molar-refractivity contribution is 7.17. The fourth-order valence-corrected chi connectivity index (χ4v) is 3.94. The van der Waals surface area contributed by atoms with Crippen LogP contribution in [0.4, 0.5) is 5.13 Å². The lowest BCUT2D eigenvalue weighted by atomic mass is 10.1. The Morgan fingerprint density at radius 2 is 2.03 bits per heavy atom. The highest BCUT2D eigenvalue weighted by atomic mass is 32.1. The Kier molecular flexibility index (Phi) is 7.85. The van der Waals surface area contributed by atoms with Crippen LogP contribution < -0.4 is 16.4 Å². The summed E-state index contributed by atoms with van der Waals surface area (Å²) in [5.41, 5.74) is 6.95. The second-order valence-electron chi connectivity index (χ2n) is 7.31. The molecular formula is C21H24N6O5S. The normalized spacial score (nSPS) is 11.7. The number of nitrogens with one attached hydrogen (secondary N) is 2. The number of hydrogen-bond donors (Lipinski definition) is 4. The van der Waals surface area contributed by atoms with Crippen molar-refractivity contribution in [2.75, 3.05) is 11.9 Å². The molecule has 1 atom stereocenters. The maximum absolute atomic E-state index is 12.9. The fourth-order valence-electron chi connectivity index (χ4n) is 3.12. The van der Waals surface area contributed by atoms with Crippen LogP contribution in [0.2, 0.25) is 0 Å². The Labute approximate surface area is 193 Å². The largest absolute Gasteiger partial charge is 0.477 e. The minimum atomic E-state index is -1.10. The highest BCUT2D eigenvalue weighted by Gasteiger charge is 2.20. The van der Waals surface area contributed by atoms with Gasteiger partial charge >= 0.3 is 5.97 Å². The van der Waals surface area contributed by atoms with E-state index in [0.717, 1.165) is 11.3 Å². The van der Waals surface area contributed by atoms with Gasteiger partial charge in [-0.05, 0) is 38.4 Å². The highest BCUT2D eigenvalue weighted by Crippen LogP contribution is 2.23. The van der Waals surface area contributed by atoms with Gasteiger partial charge in [-0.1, -0.05) is 28.6 Å². The van der Waals surface area contributed by atoms with E-state index in [0.29, 0.717) is 47.9 Å². The third kappa shape index (κ3) is 6.43. The minimum absolute atomic E-state index is 0.0174. The van der Waals surface area contributed by atoms with Crippen LogP contribution in [-0.2, 0) is 4.79 Å². The molecule has 33 heavy (non-hydrogen) atoms. The first-order valence-corrected chi connectivity index (χ1v) is 11.0. The van der Waals surface area contributed by atoms with Crippen molar-refractivity contribution < 1.29 is 24.0 Å². The molecule has 0 saturated heterocycles. The lowest BCUT2D eigenvalue weighted by molar-refractivity contribution is -0.116. The molecule has 0 bridgehead atoms. The van der Waals surface area contributed by atoms with Crippen molar-refractivity contribution in [3.63, 3.8) is 0 Å². The average Bonchev–Trinajstić information content (AvgIpc) is 3.37. The van der Waals surface area contributed by atoms with Gasteiger partial charge in [0.15, 0.2) is 5.13 Å². The zero-order valence-corrected chi connectivity index (χ0v) is 18.9. The molecule has 11 nitrogen and oxygen atoms in total. The van der Waals surface area contributed by atoms with E-state index in [1.54, 1.807) is 38.1 Å². The molecule has 2 heterocycles. The van der Waals surface area contributed by atoms with Gasteiger partial charge < -0.3 is 26.0 Å². The summed E-state index contributed by atoms with van der Waals surface area (Å²) in [4.78, 5) is 44.9. The fraction of sp³-hybridized carbons (Fsp3) is 0.333. The molecule has 0 radical (unpaired) electrons. The first-order chi connectivity index (χ1) is 15.8. The second-order valence-corrected chi connectivity index (χ2v) is 8.31. The average molecular weight is 473 g/mol. The van der Waals surface area contributed by atoms with Crippen molar-refractivity contribution >= 4 is 34.3 Å². The number of carboxylic acid groups (broad SMARTS) is 1. The maximum atomic E-state index is 12.9. The van der Waals surface area contributed by atoms with Crippen LogP contribution in [0.5, 0.6) is 0 Å². The van der Waals surface area contributed by atoms with Crippen molar-refractivity contribution in [3.05, 3.63) is 46.3 Å². The summed E-state index contributed by atoms with van der Waals surface area (Å²) in [5, 5.41) is 18.7. The Morgan fingerprint density at radius 1 is 1.24 bits per heavy atom. The SMILES string of the molecule is Cc1nc(-c2cccc(C(=O)NC(CCCN)CC(=O)Nc3nc(C)c(C(=O)O)s3)c2)no1. The van der Waals surface area contributed by atoms with Crippen molar-refractivity contribution in [2.45, 2.75) is 39.2 Å². The number of benzene rings is 1. The van der Waals surface area contributed by atoms with Gasteiger partial charge in [-0.25, -0.2) is 9.78 Å². The molecule has 0 aliphatic heterocycles. The number of nitrogens with two attached hydrogens (primary N) is 1. The molecule has 0 aliphatic carbocycles. The molecule has 3 rings (SSSR count). The number of amides is 2. The van der Waals surface area contributed by atoms with Crippen LogP contribution in [0.15, 0.2) is 28.8 Å². The Balaban J connectivity index is 1.67. The predicted octanol–water partition coefficient (Wildman–Crippen LogP) is 2.37. The number of aromatic nitrogens is 3. The van der Waals surface area contributed by atoms with Crippen molar-refractivity contribution in [1.29, 1.82) is 0 Å². The summed E-state index contributed by atoms with van der Waals surface area (Å²) in [6.45, 7) is 3.65. The summed E-state index contributed by atoms with van der Waals surface area (Å²) < 4.78 is 4.99. The topological polar surface area (TPSA) is 173 Å². The molecule has 0 spiro atoms. The monoisotopic (exact) mass is 472 g/mol. The van der Waals surface area contributed by atoms with Crippen LogP contribution in [0, 0.1) is 13.8 Å². The summed E-state index contributed by atoms with van der Waals surface area (Å²) in [7, 11) is 0. The number of anilines is 1. The number of hydrogen-bond acceptors (Lipinski definition) is 9. The molecule has 2 amide bonds. The van der Waals surface area contributed by atoms with E-state index in [4.69, 9.17) is 15.4 Å². The predicted molar refractivity (Wildman–Crippen MR) is 121 cm³/mol. The van der Waals surface area contributed by atoms with E-state index in [1.807, 2.05) is 0 Å². The van der Waals surface area contributed by atoms with E-state index in [9.17, 15) is 14.4 Å². The molecule has 12 heteroatoms. The van der Waals surface area contributed by atoms with E-state index >= 15 is 0 Å². The zero-order chi connectivity index (χ0) is 24.0. The van der Waals surface area contributed by atoms with Gasteiger partial charge in [-0.15, -0.1) is 0 Å². The second kappa shape index (κ2) is 10.8. The number of thiazole rings is 1. The standard InChI is InChI=1S/C21H24N6O5S/c1-11-17(20(30)31)33-21(23-11)26-16(28)10-15(7-4-8-22)25-19(29)14-6-3-5-13(9-14)18-24-12(2)32-27-18/h3,5-6,9,15H,4,7-8,10,22H2,1-2H3,(H,25,29)(H,30,31)(H,23,26,28). The quantitative estimate of drug-likeness (QED) is 0.345. The summed E-state index contributed by atoms with van der Waals surface area (Å²) in [6.07, 6.45) is 1.09. The van der Waals surface area contributed by atoms with Crippen LogP contribution in [0.25, 0.3) is 11.4 Å². The van der Waals surface area contributed by atoms with Crippen molar-refractivity contribution in [1.82, 2.24) is 20.4 Å². The van der Waals surface area contributed by atoms with Gasteiger partial charge in [0.05, 0.1) is 5.69 Å². The van der Waals surface area contributed by atoms with Crippen molar-refractivity contribution in [2.24, 2.45) is 5.73 Å². The third-order valence-electron chi connectivity index (χ3n) is 4.67. The molecule has 3 aromatic rings. The molecule has 5 N–H and O–H groups in total. The van der Waals surface area contributed by atoms with Gasteiger partial charge in [-0.3, -0.25) is 9.59 Å². The maximum Gasteiger partial charge on any atom is 0.347 e. The molecule has 1 unspecified atom stereocenters. The first-order valence-electron chi connectivity index (χ1n) is 10.2. The number of aromatic carboxylic acids is 1. The van der Waals surface area contributed by atoms with Crippen LogP contribution >= 0.6 is 11.3 Å². The third-order valence-corrected chi connectivity index (χ3v) is 5.73. The lowest BCUT2D eigenvalue weighted by Crippen LogP contribution is -2.38. The Hall–Kier alpha value is -3.64. The molecule has 1 aromatic carbocycles. The lowest BCUT2D eigenvalue weighted by Gasteiger charge is -2.18. The van der Waals surface area contributed by atoms with Gasteiger partial charge in [0.1, 0.15) is 4.88 Å². The van der Waals surface area contributed by atoms with Gasteiger partial charge in [0.2, 0.25) is 17.6 Å². The number of aryl methyl sites for hydroxylation is 2. The summed E-state index contributed by atoms with van der Waals surface area (Å²) in [5.74, 6) is -1.06. The van der Waals surface area contributed by atoms with E-state index < -0.39 is 12.0 Å². The van der Waals surface area contributed by atoms with Crippen LogP contribution in [-0.4, -0.2) is 50.6 Å². The van der Waals surface area contributed by atoms with Crippen LogP contribution in [0.1, 0.15) is 50.9 Å². The molecule has 0 aliphatic rings. The number of rotatable bonds is 10. The number of carboxylic acids is 1. The number of nitrogens with zero attached hydrogens (tertiary/aromatic N) is 3. The van der Waals surface area contributed by atoms with Crippen molar-refractivity contribution in [3.8, 4) is 11.4 Å². The first kappa shape index (κ1) is 24.0. The molecule has 0 saturated carbocycles. The Morgan fingerprint density at radius 3 is 2.67 bits per heavy atom. The van der Waals surface area contributed by atoms with E-state index in [-0.39, 0.29) is 28.2 Å². The van der Waals surface area contributed by atoms with Gasteiger partial charge in [0, 0.05) is 30.5 Å². The smallest absolute Gasteiger partial charge is 0.347 e. The molecule has 0 fully saturated rings. The zero-order valence-electron chi connectivity index (χ0n) is 18.1. The molecular weight excluding hydrogens is 448 g/mol.